The van der Waals surface area contributed by atoms with E-state index in [0.717, 1.165) is 17.4 Å². The van der Waals surface area contributed by atoms with Crippen molar-refractivity contribution in [3.05, 3.63) is 75.7 Å². The Labute approximate surface area is 171 Å². The molecule has 3 heterocycles. The van der Waals surface area contributed by atoms with Crippen molar-refractivity contribution in [1.82, 2.24) is 14.5 Å². The molecular formula is C24H27N3O2. The van der Waals surface area contributed by atoms with Crippen molar-refractivity contribution in [1.29, 1.82) is 0 Å². The maximum Gasteiger partial charge on any atom is 0.265 e. The molecule has 1 fully saturated rings. The van der Waals surface area contributed by atoms with Gasteiger partial charge < -0.3 is 4.90 Å². The molecule has 0 aliphatic carbocycles. The monoisotopic (exact) mass is 389 g/mol. The molecule has 1 saturated heterocycles. The van der Waals surface area contributed by atoms with Crippen LogP contribution in [-0.4, -0.2) is 33.4 Å². The summed E-state index contributed by atoms with van der Waals surface area (Å²) < 4.78 is 1.63. The van der Waals surface area contributed by atoms with E-state index in [2.05, 4.69) is 18.8 Å². The molecule has 4 rings (SSSR count). The average Bonchev–Trinajstić information content (AvgIpc) is 2.70. The summed E-state index contributed by atoms with van der Waals surface area (Å²) in [4.78, 5) is 32.9. The lowest BCUT2D eigenvalue weighted by Gasteiger charge is -2.35. The Kier molecular flexibility index (Phi) is 5.22. The predicted octanol–water partition coefficient (Wildman–Crippen LogP) is 3.87. The molecule has 1 aromatic carbocycles. The van der Waals surface area contributed by atoms with Crippen LogP contribution in [0.4, 0.5) is 0 Å². The van der Waals surface area contributed by atoms with Gasteiger partial charge in [0.25, 0.3) is 11.5 Å². The summed E-state index contributed by atoms with van der Waals surface area (Å²) in [5, 5.41) is 0.806. The Hall–Kier alpha value is -2.95. The van der Waals surface area contributed by atoms with Gasteiger partial charge in [0, 0.05) is 24.7 Å². The Morgan fingerprint density at radius 2 is 1.79 bits per heavy atom. The summed E-state index contributed by atoms with van der Waals surface area (Å²) in [6.45, 7) is 8.15. The molecule has 29 heavy (non-hydrogen) atoms. The van der Waals surface area contributed by atoms with Gasteiger partial charge in [0.2, 0.25) is 0 Å². The van der Waals surface area contributed by atoms with Crippen LogP contribution in [-0.2, 0) is 6.54 Å². The van der Waals surface area contributed by atoms with Gasteiger partial charge in [-0.15, -0.1) is 0 Å². The van der Waals surface area contributed by atoms with Crippen molar-refractivity contribution in [2.24, 2.45) is 11.8 Å². The van der Waals surface area contributed by atoms with Crippen molar-refractivity contribution < 1.29 is 4.79 Å². The third-order valence-corrected chi connectivity index (χ3v) is 5.70. The molecule has 1 aliphatic heterocycles. The van der Waals surface area contributed by atoms with Crippen molar-refractivity contribution in [3.8, 4) is 0 Å². The molecule has 0 saturated carbocycles. The highest BCUT2D eigenvalue weighted by molar-refractivity contribution is 5.97. The van der Waals surface area contributed by atoms with E-state index >= 15 is 0 Å². The SMILES string of the molecule is Cc1ccc(Cn2c(=O)c(C(=O)N3C[C@@H](C)C[C@H](C)C3)cc3cccnc32)cc1. The molecule has 150 valence electrons. The van der Waals surface area contributed by atoms with E-state index in [4.69, 9.17) is 0 Å². The summed E-state index contributed by atoms with van der Waals surface area (Å²) in [6.07, 6.45) is 2.80. The number of pyridine rings is 2. The van der Waals surface area contributed by atoms with Gasteiger partial charge in [0.15, 0.2) is 0 Å². The number of carbonyl (C=O) groups is 1. The average molecular weight is 389 g/mol. The first-order valence-electron chi connectivity index (χ1n) is 10.3. The molecule has 0 N–H and O–H groups in total. The third kappa shape index (κ3) is 3.95. The minimum absolute atomic E-state index is 0.170. The fourth-order valence-electron chi connectivity index (χ4n) is 4.38. The minimum Gasteiger partial charge on any atom is -0.338 e. The Balaban J connectivity index is 1.79. The lowest BCUT2D eigenvalue weighted by Crippen LogP contribution is -2.44. The number of amides is 1. The van der Waals surface area contributed by atoms with Crippen molar-refractivity contribution in [2.45, 2.75) is 33.7 Å². The van der Waals surface area contributed by atoms with Crippen LogP contribution in [0.5, 0.6) is 0 Å². The largest absolute Gasteiger partial charge is 0.338 e. The zero-order chi connectivity index (χ0) is 20.5. The number of nitrogens with zero attached hydrogens (tertiary/aromatic N) is 3. The molecule has 0 unspecified atom stereocenters. The number of likely N-dealkylation sites (tertiary alicyclic amines) is 1. The highest BCUT2D eigenvalue weighted by Gasteiger charge is 2.28. The van der Waals surface area contributed by atoms with Crippen LogP contribution in [0.25, 0.3) is 11.0 Å². The fourth-order valence-corrected chi connectivity index (χ4v) is 4.38. The zero-order valence-electron chi connectivity index (χ0n) is 17.3. The molecule has 1 aliphatic rings. The highest BCUT2D eigenvalue weighted by atomic mass is 16.2. The van der Waals surface area contributed by atoms with Crippen molar-refractivity contribution >= 4 is 16.9 Å². The van der Waals surface area contributed by atoms with Gasteiger partial charge >= 0.3 is 0 Å². The van der Waals surface area contributed by atoms with E-state index in [1.54, 1.807) is 16.8 Å². The third-order valence-electron chi connectivity index (χ3n) is 5.70. The van der Waals surface area contributed by atoms with Crippen LogP contribution in [0.15, 0.2) is 53.5 Å². The van der Waals surface area contributed by atoms with Crippen LogP contribution in [0.2, 0.25) is 0 Å². The number of rotatable bonds is 3. The maximum absolute atomic E-state index is 13.4. The van der Waals surface area contributed by atoms with E-state index < -0.39 is 0 Å². The molecule has 3 aromatic rings. The van der Waals surface area contributed by atoms with Crippen molar-refractivity contribution in [2.75, 3.05) is 13.1 Å². The molecule has 0 spiro atoms. The van der Waals surface area contributed by atoms with Gasteiger partial charge in [0.05, 0.1) is 6.54 Å². The Morgan fingerprint density at radius 1 is 1.10 bits per heavy atom. The van der Waals surface area contributed by atoms with Gasteiger partial charge in [-0.3, -0.25) is 14.2 Å². The van der Waals surface area contributed by atoms with E-state index in [1.807, 2.05) is 48.2 Å². The van der Waals surface area contributed by atoms with Crippen LogP contribution in [0.3, 0.4) is 0 Å². The first-order chi connectivity index (χ1) is 13.9. The van der Waals surface area contributed by atoms with Crippen LogP contribution in [0, 0.1) is 18.8 Å². The van der Waals surface area contributed by atoms with Gasteiger partial charge in [-0.05, 0) is 48.9 Å². The maximum atomic E-state index is 13.4. The second-order valence-electron chi connectivity index (χ2n) is 8.51. The lowest BCUT2D eigenvalue weighted by atomic mass is 9.91. The molecule has 2 aromatic heterocycles. The number of aryl methyl sites for hydroxylation is 1. The summed E-state index contributed by atoms with van der Waals surface area (Å²) in [7, 11) is 0. The lowest BCUT2D eigenvalue weighted by molar-refractivity contribution is 0.0621. The number of hydrogen-bond acceptors (Lipinski definition) is 3. The van der Waals surface area contributed by atoms with E-state index in [0.29, 0.717) is 37.1 Å². The Bertz CT molecular complexity index is 1090. The topological polar surface area (TPSA) is 55.2 Å². The zero-order valence-corrected chi connectivity index (χ0v) is 17.3. The molecule has 0 radical (unpaired) electrons. The standard InChI is InChI=1S/C24H27N3O2/c1-16-6-8-19(9-7-16)15-27-22-20(5-4-10-25-22)12-21(24(27)29)23(28)26-13-17(2)11-18(3)14-26/h4-10,12,17-18H,11,13-15H2,1-3H3/t17-,18-/m0/s1. The van der Waals surface area contributed by atoms with Crippen LogP contribution >= 0.6 is 0 Å². The Morgan fingerprint density at radius 3 is 2.48 bits per heavy atom. The number of hydrogen-bond donors (Lipinski definition) is 0. The van der Waals surface area contributed by atoms with Gasteiger partial charge in [0.1, 0.15) is 11.2 Å². The second kappa shape index (κ2) is 7.82. The first-order valence-corrected chi connectivity index (χ1v) is 10.3. The molecule has 5 nitrogen and oxygen atoms in total. The minimum atomic E-state index is -0.271. The first kappa shape index (κ1) is 19.4. The number of benzene rings is 1. The number of aromatic nitrogens is 2. The van der Waals surface area contributed by atoms with Gasteiger partial charge in [-0.25, -0.2) is 4.98 Å². The molecule has 1 amide bonds. The predicted molar refractivity (Wildman–Crippen MR) is 115 cm³/mol. The van der Waals surface area contributed by atoms with Crippen LogP contribution < -0.4 is 5.56 Å². The molecular weight excluding hydrogens is 362 g/mol. The smallest absolute Gasteiger partial charge is 0.265 e. The summed E-state index contributed by atoms with van der Waals surface area (Å²) in [5.41, 5.74) is 2.75. The van der Waals surface area contributed by atoms with Gasteiger partial charge in [-0.2, -0.15) is 0 Å². The van der Waals surface area contributed by atoms with Crippen molar-refractivity contribution in [3.63, 3.8) is 0 Å². The fraction of sp³-hybridized carbons (Fsp3) is 0.375. The number of fused-ring (bicyclic) bond motifs is 1. The van der Waals surface area contributed by atoms with E-state index in [1.165, 1.54) is 5.56 Å². The second-order valence-corrected chi connectivity index (χ2v) is 8.51. The quantitative estimate of drug-likeness (QED) is 0.683. The number of carbonyl (C=O) groups excluding carboxylic acids is 1. The number of piperidine rings is 1. The normalized spacial score (nSPS) is 19.5. The molecule has 2 atom stereocenters. The molecule has 0 bridgehead atoms. The van der Waals surface area contributed by atoms with E-state index in [-0.39, 0.29) is 17.0 Å². The molecule has 5 heteroatoms. The van der Waals surface area contributed by atoms with Gasteiger partial charge in [-0.1, -0.05) is 43.7 Å². The van der Waals surface area contributed by atoms with Crippen LogP contribution in [0.1, 0.15) is 41.8 Å². The summed E-state index contributed by atoms with van der Waals surface area (Å²) >= 11 is 0. The highest BCUT2D eigenvalue weighted by Crippen LogP contribution is 2.23. The van der Waals surface area contributed by atoms with E-state index in [9.17, 15) is 9.59 Å². The summed E-state index contributed by atoms with van der Waals surface area (Å²) in [5.74, 6) is 0.719. The summed E-state index contributed by atoms with van der Waals surface area (Å²) in [6, 6.07) is 13.5.